The van der Waals surface area contributed by atoms with E-state index in [1.165, 1.54) is 23.2 Å². The molecule has 5 nitrogen and oxygen atoms in total. The molecule has 6 rings (SSSR count). The average Bonchev–Trinajstić information content (AvgIpc) is 3.38. The number of carbonyl (C=O) groups excluding carboxylic acids is 2. The molecule has 4 heterocycles. The Hall–Kier alpha value is -3.34. The van der Waals surface area contributed by atoms with Crippen LogP contribution in [0.15, 0.2) is 54.2 Å². The van der Waals surface area contributed by atoms with E-state index >= 15 is 0 Å². The molecular formula is C24H21N3O2. The number of fused-ring (bicyclic) bond motifs is 1. The minimum atomic E-state index is -0.289. The molecule has 0 bridgehead atoms. The van der Waals surface area contributed by atoms with E-state index in [1.54, 1.807) is 0 Å². The Morgan fingerprint density at radius 2 is 1.93 bits per heavy atom. The van der Waals surface area contributed by atoms with Crippen LogP contribution in [0.3, 0.4) is 0 Å². The predicted molar refractivity (Wildman–Crippen MR) is 113 cm³/mol. The number of anilines is 1. The summed E-state index contributed by atoms with van der Waals surface area (Å²) < 4.78 is 0. The molecule has 2 amide bonds. The molecule has 144 valence electrons. The summed E-state index contributed by atoms with van der Waals surface area (Å²) in [7, 11) is 0. The summed E-state index contributed by atoms with van der Waals surface area (Å²) in [5, 5.41) is 3.51. The summed E-state index contributed by atoms with van der Waals surface area (Å²) in [5.74, 6) is -0.306. The summed E-state index contributed by atoms with van der Waals surface area (Å²) in [4.78, 5) is 31.2. The number of aryl methyl sites for hydroxylation is 1. The minimum absolute atomic E-state index is 0.231. The highest BCUT2D eigenvalue weighted by atomic mass is 16.2. The van der Waals surface area contributed by atoms with E-state index in [9.17, 15) is 9.59 Å². The highest BCUT2D eigenvalue weighted by Crippen LogP contribution is 2.45. The van der Waals surface area contributed by atoms with Crippen LogP contribution < -0.4 is 10.2 Å². The molecule has 29 heavy (non-hydrogen) atoms. The maximum absolute atomic E-state index is 12.7. The van der Waals surface area contributed by atoms with Crippen LogP contribution in [-0.4, -0.2) is 29.9 Å². The van der Waals surface area contributed by atoms with Crippen molar-refractivity contribution in [2.45, 2.75) is 25.2 Å². The summed E-state index contributed by atoms with van der Waals surface area (Å²) in [5.41, 5.74) is 7.01. The Morgan fingerprint density at radius 3 is 2.86 bits per heavy atom. The second-order valence-electron chi connectivity index (χ2n) is 8.19. The number of imide groups is 1. The van der Waals surface area contributed by atoms with Crippen molar-refractivity contribution in [2.75, 3.05) is 18.0 Å². The number of rotatable bonds is 3. The van der Waals surface area contributed by atoms with Gasteiger partial charge in [0.25, 0.3) is 11.8 Å². The number of H-pyrrole nitrogens is 1. The van der Waals surface area contributed by atoms with Crippen LogP contribution in [0.1, 0.15) is 35.4 Å². The number of carbonyl (C=O) groups is 2. The highest BCUT2D eigenvalue weighted by molar-refractivity contribution is 6.37. The fourth-order valence-corrected chi connectivity index (χ4v) is 5.32. The molecule has 0 fully saturated rings. The Balaban J connectivity index is 1.45. The van der Waals surface area contributed by atoms with Crippen LogP contribution in [0.25, 0.3) is 16.5 Å². The Kier molecular flexibility index (Phi) is 3.48. The number of nitrogens with one attached hydrogen (secondary N) is 2. The van der Waals surface area contributed by atoms with Gasteiger partial charge in [-0.2, -0.15) is 0 Å². The molecule has 5 heteroatoms. The predicted octanol–water partition coefficient (Wildman–Crippen LogP) is 3.52. The SMILES string of the molecule is O=C1NC(=O)C(c2c[nH]c3ccccc23)=C1CC1CN2CCCc3cccc1c32. The van der Waals surface area contributed by atoms with Gasteiger partial charge in [0.2, 0.25) is 0 Å². The van der Waals surface area contributed by atoms with Gasteiger partial charge in [0.1, 0.15) is 0 Å². The average molecular weight is 383 g/mol. The first kappa shape index (κ1) is 16.6. The third-order valence-electron chi connectivity index (χ3n) is 6.56. The monoisotopic (exact) mass is 383 g/mol. The third-order valence-corrected chi connectivity index (χ3v) is 6.56. The van der Waals surface area contributed by atoms with E-state index in [-0.39, 0.29) is 17.7 Å². The van der Waals surface area contributed by atoms with E-state index in [4.69, 9.17) is 0 Å². The molecule has 0 saturated carbocycles. The van der Waals surface area contributed by atoms with Gasteiger partial charge in [0.15, 0.2) is 0 Å². The van der Waals surface area contributed by atoms with E-state index in [0.717, 1.165) is 36.0 Å². The maximum atomic E-state index is 12.7. The maximum Gasteiger partial charge on any atom is 0.259 e. The molecule has 1 atom stereocenters. The van der Waals surface area contributed by atoms with Crippen LogP contribution in [0.2, 0.25) is 0 Å². The summed E-state index contributed by atoms with van der Waals surface area (Å²) in [6, 6.07) is 14.4. The Labute approximate surface area is 168 Å². The first-order valence-electron chi connectivity index (χ1n) is 10.2. The topological polar surface area (TPSA) is 65.2 Å². The molecule has 0 radical (unpaired) electrons. The van der Waals surface area contributed by atoms with Gasteiger partial charge in [-0.15, -0.1) is 0 Å². The third kappa shape index (κ3) is 2.40. The molecule has 0 saturated heterocycles. The molecular weight excluding hydrogens is 362 g/mol. The molecule has 2 aromatic carbocycles. The largest absolute Gasteiger partial charge is 0.370 e. The lowest BCUT2D eigenvalue weighted by atomic mass is 9.89. The Morgan fingerprint density at radius 1 is 1.03 bits per heavy atom. The van der Waals surface area contributed by atoms with Gasteiger partial charge < -0.3 is 9.88 Å². The first-order valence-corrected chi connectivity index (χ1v) is 10.2. The van der Waals surface area contributed by atoms with Crippen molar-refractivity contribution >= 4 is 34.0 Å². The number of hydrogen-bond acceptors (Lipinski definition) is 3. The second-order valence-corrected chi connectivity index (χ2v) is 8.19. The van der Waals surface area contributed by atoms with E-state index < -0.39 is 0 Å². The van der Waals surface area contributed by atoms with Crippen LogP contribution in [0.5, 0.6) is 0 Å². The van der Waals surface area contributed by atoms with Crippen molar-refractivity contribution in [3.63, 3.8) is 0 Å². The number of aromatic nitrogens is 1. The van der Waals surface area contributed by atoms with Crippen molar-refractivity contribution in [3.8, 4) is 0 Å². The summed E-state index contributed by atoms with van der Waals surface area (Å²) in [6.45, 7) is 1.98. The van der Waals surface area contributed by atoms with Crippen molar-refractivity contribution in [1.82, 2.24) is 10.3 Å². The molecule has 3 aliphatic heterocycles. The number of benzene rings is 2. The lowest BCUT2D eigenvalue weighted by molar-refractivity contribution is -0.123. The van der Waals surface area contributed by atoms with Gasteiger partial charge in [-0.1, -0.05) is 36.4 Å². The van der Waals surface area contributed by atoms with E-state index in [0.29, 0.717) is 17.6 Å². The summed E-state index contributed by atoms with van der Waals surface area (Å²) in [6.07, 6.45) is 4.72. The molecule has 1 aromatic heterocycles. The zero-order valence-corrected chi connectivity index (χ0v) is 16.0. The molecule has 0 spiro atoms. The van der Waals surface area contributed by atoms with Crippen molar-refractivity contribution in [2.24, 2.45) is 0 Å². The van der Waals surface area contributed by atoms with Crippen LogP contribution in [-0.2, 0) is 16.0 Å². The van der Waals surface area contributed by atoms with E-state index in [1.807, 2.05) is 30.5 Å². The lowest BCUT2D eigenvalue weighted by Gasteiger charge is -2.27. The zero-order valence-electron chi connectivity index (χ0n) is 16.0. The van der Waals surface area contributed by atoms with Crippen LogP contribution >= 0.6 is 0 Å². The fourth-order valence-electron chi connectivity index (χ4n) is 5.32. The standard InChI is InChI=1S/C24H21N3O2/c28-23-18(11-15-13-27-10-4-6-14-5-3-8-16(15)22(14)27)21(24(29)26-23)19-12-25-20-9-2-1-7-17(19)20/h1-3,5,7-9,12,15,25H,4,6,10-11,13H2,(H,26,28,29). The van der Waals surface area contributed by atoms with Crippen molar-refractivity contribution in [1.29, 1.82) is 0 Å². The smallest absolute Gasteiger partial charge is 0.259 e. The van der Waals surface area contributed by atoms with Crippen molar-refractivity contribution < 1.29 is 9.59 Å². The number of nitrogens with zero attached hydrogens (tertiary/aromatic N) is 1. The van der Waals surface area contributed by atoms with Gasteiger partial charge in [0, 0.05) is 52.9 Å². The lowest BCUT2D eigenvalue weighted by Crippen LogP contribution is -2.27. The van der Waals surface area contributed by atoms with Gasteiger partial charge in [-0.25, -0.2) is 0 Å². The normalized spacial score (nSPS) is 20.6. The second kappa shape index (κ2) is 6.08. The molecule has 2 N–H and O–H groups in total. The fraction of sp³-hybridized carbons (Fsp3) is 0.250. The molecule has 1 unspecified atom stereocenters. The van der Waals surface area contributed by atoms with Gasteiger partial charge in [0.05, 0.1) is 5.57 Å². The van der Waals surface area contributed by atoms with Crippen LogP contribution in [0.4, 0.5) is 5.69 Å². The summed E-state index contributed by atoms with van der Waals surface area (Å²) >= 11 is 0. The number of para-hydroxylation sites is 2. The molecule has 3 aliphatic rings. The molecule has 0 aliphatic carbocycles. The number of hydrogen-bond donors (Lipinski definition) is 2. The zero-order chi connectivity index (χ0) is 19.5. The van der Waals surface area contributed by atoms with Crippen molar-refractivity contribution in [3.05, 3.63) is 70.9 Å². The van der Waals surface area contributed by atoms with Crippen LogP contribution in [0, 0.1) is 0 Å². The van der Waals surface area contributed by atoms with E-state index in [2.05, 4.69) is 33.4 Å². The Bertz CT molecular complexity index is 1220. The van der Waals surface area contributed by atoms with Gasteiger partial charge in [-0.3, -0.25) is 14.9 Å². The quantitative estimate of drug-likeness (QED) is 0.680. The highest BCUT2D eigenvalue weighted by Gasteiger charge is 2.38. The number of amides is 2. The first-order chi connectivity index (χ1) is 14.2. The van der Waals surface area contributed by atoms with Gasteiger partial charge >= 0.3 is 0 Å². The van der Waals surface area contributed by atoms with Gasteiger partial charge in [-0.05, 0) is 36.5 Å². The number of aromatic amines is 1. The minimum Gasteiger partial charge on any atom is -0.370 e. The molecule has 3 aromatic rings.